The lowest BCUT2D eigenvalue weighted by atomic mass is 9.88. The first-order chi connectivity index (χ1) is 36.4. The van der Waals surface area contributed by atoms with Crippen LogP contribution in [0.4, 0.5) is 9.59 Å². The second kappa shape index (κ2) is 21.1. The first-order valence-electron chi connectivity index (χ1n) is 26.6. The smallest absolute Gasteiger partial charge is 0.410 e. The second-order valence-electron chi connectivity index (χ2n) is 21.3. The minimum atomic E-state index is -0.755. The average Bonchev–Trinajstić information content (AvgIpc) is 4.30. The Morgan fingerprint density at radius 1 is 0.640 bits per heavy atom. The standard InChI is InChI=1S/C60H64N8O6S/c1-36(2)51(65-58(71)73-41-15-7-5-8-16-41)56(69)67-31-13-19-49(67)54-61-35-48(64-54)39-23-21-38(22-24-39)44-27-26-43(45-34-60(75-53(44)45)29-11-12-30-60)40-25-28-46-47(33-40)63-55(62-46)50-20-14-32-68(50)57(70)52(37(3)4)66-59(72)74-42-17-9-6-10-18-42/h5-10,15-18,21-28,33,35-37,49-52H,11-14,19-20,29-32,34H2,1-4H3,(H,61,64)(H,62,63)(H,65,71)(H,66,72)/t49-,50-,51-,52?/m0/s1. The largest absolute Gasteiger partial charge is 0.413 e. The van der Waals surface area contributed by atoms with Crippen LogP contribution in [0, 0.1) is 11.8 Å². The number of carbonyl (C=O) groups excluding carboxylic acids is 4. The molecule has 3 aliphatic heterocycles. The summed E-state index contributed by atoms with van der Waals surface area (Å²) in [7, 11) is 0. The number of rotatable bonds is 13. The molecule has 2 saturated heterocycles. The van der Waals surface area contributed by atoms with Crippen molar-refractivity contribution < 1.29 is 28.7 Å². The molecule has 11 rings (SSSR count). The van der Waals surface area contributed by atoms with Crippen LogP contribution in [0.25, 0.3) is 44.5 Å². The molecule has 0 radical (unpaired) electrons. The molecule has 0 bridgehead atoms. The number of nitrogens with one attached hydrogen (secondary N) is 4. The molecule has 1 unspecified atom stereocenters. The van der Waals surface area contributed by atoms with Gasteiger partial charge in [0.15, 0.2) is 0 Å². The highest BCUT2D eigenvalue weighted by atomic mass is 32.2. The summed E-state index contributed by atoms with van der Waals surface area (Å²) in [6, 6.07) is 35.5. The number of H-pyrrole nitrogens is 2. The molecule has 4 amide bonds. The van der Waals surface area contributed by atoms with Crippen molar-refractivity contribution in [3.05, 3.63) is 139 Å². The van der Waals surface area contributed by atoms with E-state index in [4.69, 9.17) is 19.4 Å². The number of imidazole rings is 2. The minimum Gasteiger partial charge on any atom is -0.410 e. The van der Waals surface area contributed by atoms with E-state index < -0.39 is 24.3 Å². The van der Waals surface area contributed by atoms with Gasteiger partial charge in [0.25, 0.3) is 0 Å². The first kappa shape index (κ1) is 49.8. The van der Waals surface area contributed by atoms with Gasteiger partial charge in [-0.15, -0.1) is 11.8 Å². The van der Waals surface area contributed by atoms with E-state index >= 15 is 0 Å². The molecule has 5 aromatic carbocycles. The van der Waals surface area contributed by atoms with E-state index in [1.807, 2.05) is 55.8 Å². The van der Waals surface area contributed by atoms with Crippen LogP contribution in [0.15, 0.2) is 126 Å². The lowest BCUT2D eigenvalue weighted by Gasteiger charge is -2.30. The zero-order valence-electron chi connectivity index (χ0n) is 42.9. The third-order valence-corrected chi connectivity index (χ3v) is 17.2. The van der Waals surface area contributed by atoms with E-state index in [9.17, 15) is 19.2 Å². The van der Waals surface area contributed by atoms with Gasteiger partial charge in [0.05, 0.1) is 35.0 Å². The van der Waals surface area contributed by atoms with Crippen LogP contribution >= 0.6 is 11.8 Å². The zero-order chi connectivity index (χ0) is 51.8. The minimum absolute atomic E-state index is 0.144. The molecule has 4 aliphatic rings. The zero-order valence-corrected chi connectivity index (χ0v) is 43.8. The van der Waals surface area contributed by atoms with Crippen LogP contribution < -0.4 is 20.1 Å². The number of amides is 4. The highest BCUT2D eigenvalue weighted by Gasteiger charge is 2.43. The van der Waals surface area contributed by atoms with Crippen LogP contribution in [0.1, 0.15) is 108 Å². The van der Waals surface area contributed by atoms with Gasteiger partial charge in [0.2, 0.25) is 11.8 Å². The van der Waals surface area contributed by atoms with Crippen LogP contribution in [0.5, 0.6) is 11.5 Å². The fourth-order valence-electron chi connectivity index (χ4n) is 11.6. The molecule has 1 saturated carbocycles. The summed E-state index contributed by atoms with van der Waals surface area (Å²) in [5.41, 5.74) is 9.80. The first-order valence-corrected chi connectivity index (χ1v) is 27.4. The van der Waals surface area contributed by atoms with Crippen molar-refractivity contribution in [2.24, 2.45) is 11.8 Å². The van der Waals surface area contributed by atoms with Crippen LogP contribution in [0.3, 0.4) is 0 Å². The molecule has 4 N–H and O–H groups in total. The van der Waals surface area contributed by atoms with Gasteiger partial charge >= 0.3 is 12.2 Å². The Morgan fingerprint density at radius 2 is 1.19 bits per heavy atom. The number of fused-ring (bicyclic) bond motifs is 2. The fourth-order valence-corrected chi connectivity index (χ4v) is 13.4. The molecule has 14 nitrogen and oxygen atoms in total. The highest BCUT2D eigenvalue weighted by Crippen LogP contribution is 2.58. The molecule has 75 heavy (non-hydrogen) atoms. The van der Waals surface area contributed by atoms with E-state index in [1.54, 1.807) is 48.5 Å². The number of aromatic nitrogens is 4. The van der Waals surface area contributed by atoms with Crippen molar-refractivity contribution in [3.63, 3.8) is 0 Å². The third-order valence-electron chi connectivity index (χ3n) is 15.5. The molecule has 386 valence electrons. The van der Waals surface area contributed by atoms with Crippen molar-refractivity contribution in [3.8, 4) is 45.0 Å². The number of aromatic amines is 2. The molecule has 2 aromatic heterocycles. The summed E-state index contributed by atoms with van der Waals surface area (Å²) in [5.74, 6) is 1.70. The summed E-state index contributed by atoms with van der Waals surface area (Å²) in [4.78, 5) is 76.2. The molecule has 1 aliphatic carbocycles. The number of ether oxygens (including phenoxy) is 2. The van der Waals surface area contributed by atoms with E-state index in [-0.39, 0.29) is 40.5 Å². The van der Waals surface area contributed by atoms with Gasteiger partial charge in [-0.3, -0.25) is 9.59 Å². The van der Waals surface area contributed by atoms with Gasteiger partial charge in [0.1, 0.15) is 35.2 Å². The van der Waals surface area contributed by atoms with Gasteiger partial charge < -0.3 is 39.9 Å². The lowest BCUT2D eigenvalue weighted by Crippen LogP contribution is -2.51. The number of carbonyl (C=O) groups is 4. The maximum absolute atomic E-state index is 14.2. The number of likely N-dealkylation sites (tertiary alicyclic amines) is 2. The van der Waals surface area contributed by atoms with Gasteiger partial charge in [-0.1, -0.05) is 119 Å². The highest BCUT2D eigenvalue weighted by molar-refractivity contribution is 8.01. The number of para-hydroxylation sites is 2. The van der Waals surface area contributed by atoms with Gasteiger partial charge in [-0.2, -0.15) is 0 Å². The Bertz CT molecular complexity index is 3220. The summed E-state index contributed by atoms with van der Waals surface area (Å²) in [6.07, 6.45) is 9.65. The Morgan fingerprint density at radius 3 is 1.77 bits per heavy atom. The summed E-state index contributed by atoms with van der Waals surface area (Å²) >= 11 is 2.07. The van der Waals surface area contributed by atoms with Gasteiger partial charge in [-0.05, 0) is 127 Å². The molecular weight excluding hydrogens is 961 g/mol. The van der Waals surface area contributed by atoms with Crippen LogP contribution in [0.2, 0.25) is 0 Å². The summed E-state index contributed by atoms with van der Waals surface area (Å²) in [5, 5.41) is 5.67. The predicted octanol–water partition coefficient (Wildman–Crippen LogP) is 12.2. The number of thioether (sulfide) groups is 1. The SMILES string of the molecule is CC(C)C(NC(=O)Oc1ccccc1)C(=O)N1CCC[C@H]1c1nc2ccc(-c3ccc(-c4ccc(-c5cnc([C@@H]6CCCN6C(=O)[C@@H](NC(=O)Oc6ccccc6)C(C)C)[nH]5)cc4)c4c3CC3(CCCC3)S4)cc2[nH]1. The second-order valence-corrected chi connectivity index (χ2v) is 22.7. The van der Waals surface area contributed by atoms with Crippen molar-refractivity contribution in [1.82, 2.24) is 40.4 Å². The molecule has 15 heteroatoms. The summed E-state index contributed by atoms with van der Waals surface area (Å²) < 4.78 is 11.2. The van der Waals surface area contributed by atoms with Gasteiger partial charge in [0, 0.05) is 22.7 Å². The normalized spacial score (nSPS) is 18.7. The van der Waals surface area contributed by atoms with Crippen molar-refractivity contribution in [2.45, 2.75) is 119 Å². The van der Waals surface area contributed by atoms with E-state index in [0.29, 0.717) is 24.6 Å². The van der Waals surface area contributed by atoms with Crippen molar-refractivity contribution >= 4 is 46.8 Å². The quantitative estimate of drug-likeness (QED) is 0.0876. The summed E-state index contributed by atoms with van der Waals surface area (Å²) in [6.45, 7) is 8.86. The monoisotopic (exact) mass is 1020 g/mol. The molecule has 7 aromatic rings. The molecule has 4 atom stereocenters. The average molecular weight is 1030 g/mol. The number of nitrogens with zero attached hydrogens (tertiary/aromatic N) is 4. The molecule has 1 spiro atoms. The van der Waals surface area contributed by atoms with E-state index in [1.165, 1.54) is 47.3 Å². The Kier molecular flexibility index (Phi) is 14.0. The number of hydrogen-bond donors (Lipinski definition) is 4. The fraction of sp³-hybridized carbons (Fsp3) is 0.367. The Labute approximate surface area is 441 Å². The third kappa shape index (κ3) is 10.3. The molecule has 5 heterocycles. The van der Waals surface area contributed by atoms with Gasteiger partial charge in [-0.25, -0.2) is 19.6 Å². The Balaban J connectivity index is 0.805. The number of hydrogen-bond acceptors (Lipinski definition) is 9. The Hall–Kier alpha value is -7.39. The van der Waals surface area contributed by atoms with Crippen molar-refractivity contribution in [1.29, 1.82) is 0 Å². The van der Waals surface area contributed by atoms with Crippen LogP contribution in [-0.2, 0) is 16.0 Å². The predicted molar refractivity (Wildman–Crippen MR) is 291 cm³/mol. The van der Waals surface area contributed by atoms with Crippen molar-refractivity contribution in [2.75, 3.05) is 13.1 Å². The lowest BCUT2D eigenvalue weighted by molar-refractivity contribution is -0.136. The maximum Gasteiger partial charge on any atom is 0.413 e. The van der Waals surface area contributed by atoms with E-state index in [0.717, 1.165) is 77.2 Å². The molecule has 3 fully saturated rings. The van der Waals surface area contributed by atoms with E-state index in [2.05, 4.69) is 87.0 Å². The number of benzene rings is 5. The molecular formula is C60H64N8O6S. The van der Waals surface area contributed by atoms with Crippen LogP contribution in [-0.4, -0.2) is 83.7 Å². The maximum atomic E-state index is 14.2. The topological polar surface area (TPSA) is 175 Å².